The van der Waals surface area contributed by atoms with Gasteiger partial charge in [0.2, 0.25) is 0 Å². The fourth-order valence-electron chi connectivity index (χ4n) is 2.13. The molecule has 0 atom stereocenters. The summed E-state index contributed by atoms with van der Waals surface area (Å²) in [7, 11) is 4.19. The normalized spacial score (nSPS) is 11.1. The molecular formula is C15H24ClNO. The molecule has 102 valence electrons. The van der Waals surface area contributed by atoms with Gasteiger partial charge in [0.05, 0.1) is 6.61 Å². The summed E-state index contributed by atoms with van der Waals surface area (Å²) < 4.78 is 5.74. The summed E-state index contributed by atoms with van der Waals surface area (Å²) in [4.78, 5) is 2.20. The Hall–Kier alpha value is -0.730. The summed E-state index contributed by atoms with van der Waals surface area (Å²) in [6.45, 7) is 7.91. The van der Waals surface area contributed by atoms with Crippen LogP contribution in [0, 0.1) is 13.8 Å². The molecule has 0 amide bonds. The number of rotatable bonds is 6. The highest BCUT2D eigenvalue weighted by Crippen LogP contribution is 2.32. The van der Waals surface area contributed by atoms with Gasteiger partial charge in [-0.2, -0.15) is 0 Å². The molecule has 0 fully saturated rings. The smallest absolute Gasteiger partial charge is 0.123 e. The zero-order valence-electron chi connectivity index (χ0n) is 12.1. The van der Waals surface area contributed by atoms with Crippen LogP contribution < -0.4 is 4.74 Å². The highest BCUT2D eigenvalue weighted by molar-refractivity contribution is 6.32. The third-order valence-electron chi connectivity index (χ3n) is 3.11. The van der Waals surface area contributed by atoms with Crippen LogP contribution >= 0.6 is 11.6 Å². The van der Waals surface area contributed by atoms with Crippen molar-refractivity contribution in [2.75, 3.05) is 27.2 Å². The molecule has 1 rings (SSSR count). The van der Waals surface area contributed by atoms with Crippen molar-refractivity contribution in [1.82, 2.24) is 4.90 Å². The van der Waals surface area contributed by atoms with Crippen molar-refractivity contribution in [3.05, 3.63) is 27.8 Å². The van der Waals surface area contributed by atoms with E-state index in [2.05, 4.69) is 32.0 Å². The molecule has 0 bridgehead atoms. The van der Waals surface area contributed by atoms with Gasteiger partial charge in [-0.3, -0.25) is 0 Å². The summed E-state index contributed by atoms with van der Waals surface area (Å²) >= 11 is 6.33. The topological polar surface area (TPSA) is 12.5 Å². The number of aryl methyl sites for hydroxylation is 1. The van der Waals surface area contributed by atoms with Crippen LogP contribution in [-0.4, -0.2) is 32.1 Å². The Morgan fingerprint density at radius 3 is 2.50 bits per heavy atom. The van der Waals surface area contributed by atoms with Gasteiger partial charge in [0.15, 0.2) is 0 Å². The molecule has 1 aromatic rings. The van der Waals surface area contributed by atoms with Gasteiger partial charge in [-0.05, 0) is 77.0 Å². The van der Waals surface area contributed by atoms with E-state index in [1.165, 1.54) is 11.1 Å². The molecule has 0 aliphatic carbocycles. The number of halogens is 1. The zero-order chi connectivity index (χ0) is 13.7. The van der Waals surface area contributed by atoms with E-state index in [0.29, 0.717) is 6.61 Å². The first-order valence-electron chi connectivity index (χ1n) is 6.53. The molecule has 0 saturated heterocycles. The molecule has 18 heavy (non-hydrogen) atoms. The second kappa shape index (κ2) is 7.01. The molecule has 0 aliphatic rings. The Balaban J connectivity index is 2.95. The second-order valence-electron chi connectivity index (χ2n) is 4.95. The van der Waals surface area contributed by atoms with Gasteiger partial charge in [0.25, 0.3) is 0 Å². The minimum Gasteiger partial charge on any atom is -0.494 e. The van der Waals surface area contributed by atoms with Crippen LogP contribution in [0.5, 0.6) is 5.75 Å². The average Bonchev–Trinajstić information content (AvgIpc) is 2.30. The Bertz CT molecular complexity index is 402. The summed E-state index contributed by atoms with van der Waals surface area (Å²) in [6.07, 6.45) is 2.13. The number of ether oxygens (including phenoxy) is 1. The Morgan fingerprint density at radius 1 is 1.28 bits per heavy atom. The monoisotopic (exact) mass is 269 g/mol. The van der Waals surface area contributed by atoms with E-state index in [9.17, 15) is 0 Å². The second-order valence-corrected chi connectivity index (χ2v) is 5.33. The maximum absolute atomic E-state index is 6.33. The molecule has 1 aromatic carbocycles. The van der Waals surface area contributed by atoms with Gasteiger partial charge >= 0.3 is 0 Å². The molecule has 0 aromatic heterocycles. The lowest BCUT2D eigenvalue weighted by molar-refractivity contribution is 0.334. The van der Waals surface area contributed by atoms with Gasteiger partial charge in [-0.15, -0.1) is 0 Å². The molecule has 0 radical (unpaired) electrons. The summed E-state index contributed by atoms with van der Waals surface area (Å²) in [5, 5.41) is 0.873. The predicted molar refractivity (Wildman–Crippen MR) is 79.0 cm³/mol. The maximum atomic E-state index is 6.33. The first-order chi connectivity index (χ1) is 8.47. The fourth-order valence-corrected chi connectivity index (χ4v) is 2.30. The largest absolute Gasteiger partial charge is 0.494 e. The molecule has 0 N–H and O–H groups in total. The Kier molecular flexibility index (Phi) is 5.97. The number of nitrogens with zero attached hydrogens (tertiary/aromatic N) is 1. The van der Waals surface area contributed by atoms with Gasteiger partial charge in [0, 0.05) is 5.02 Å². The maximum Gasteiger partial charge on any atom is 0.123 e. The van der Waals surface area contributed by atoms with E-state index < -0.39 is 0 Å². The lowest BCUT2D eigenvalue weighted by atomic mass is 10.00. The van der Waals surface area contributed by atoms with E-state index in [-0.39, 0.29) is 0 Å². The van der Waals surface area contributed by atoms with E-state index in [0.717, 1.165) is 35.7 Å². The van der Waals surface area contributed by atoms with Gasteiger partial charge in [-0.1, -0.05) is 11.6 Å². The molecule has 0 unspecified atom stereocenters. The van der Waals surface area contributed by atoms with Crippen LogP contribution in [0.15, 0.2) is 6.07 Å². The van der Waals surface area contributed by atoms with Crippen LogP contribution in [0.25, 0.3) is 0 Å². The molecule has 3 heteroatoms. The van der Waals surface area contributed by atoms with Gasteiger partial charge in [-0.25, -0.2) is 0 Å². The molecular weight excluding hydrogens is 246 g/mol. The minimum absolute atomic E-state index is 0.696. The molecule has 0 spiro atoms. The third-order valence-corrected chi connectivity index (χ3v) is 3.69. The number of hydrogen-bond donors (Lipinski definition) is 0. The van der Waals surface area contributed by atoms with Crippen LogP contribution in [0.4, 0.5) is 0 Å². The summed E-state index contributed by atoms with van der Waals surface area (Å²) in [5.74, 6) is 0.996. The minimum atomic E-state index is 0.696. The first kappa shape index (κ1) is 15.3. The first-order valence-corrected chi connectivity index (χ1v) is 6.91. The highest BCUT2D eigenvalue weighted by Gasteiger charge is 2.12. The zero-order valence-corrected chi connectivity index (χ0v) is 12.9. The lowest BCUT2D eigenvalue weighted by Gasteiger charge is -2.17. The van der Waals surface area contributed by atoms with E-state index in [4.69, 9.17) is 16.3 Å². The molecule has 0 aliphatic heterocycles. The van der Waals surface area contributed by atoms with Crippen LogP contribution in [-0.2, 0) is 6.42 Å². The quantitative estimate of drug-likeness (QED) is 0.778. The van der Waals surface area contributed by atoms with Crippen LogP contribution in [0.2, 0.25) is 5.02 Å². The van der Waals surface area contributed by atoms with E-state index >= 15 is 0 Å². The predicted octanol–water partition coefficient (Wildman–Crippen LogP) is 3.85. The lowest BCUT2D eigenvalue weighted by Crippen LogP contribution is -2.14. The highest BCUT2D eigenvalue weighted by atomic mass is 35.5. The summed E-state index contributed by atoms with van der Waals surface area (Å²) in [5.41, 5.74) is 3.52. The van der Waals surface area contributed by atoms with Crippen LogP contribution in [0.3, 0.4) is 0 Å². The molecule has 0 saturated carbocycles. The Labute approximate surface area is 116 Å². The van der Waals surface area contributed by atoms with Crippen molar-refractivity contribution < 1.29 is 4.74 Å². The standard InChI is InChI=1S/C15H24ClNO/c1-6-18-14-10-11(2)15(16)12(3)13(14)8-7-9-17(4)5/h10H,6-9H2,1-5H3. The summed E-state index contributed by atoms with van der Waals surface area (Å²) in [6, 6.07) is 2.06. The SMILES string of the molecule is CCOc1cc(C)c(Cl)c(C)c1CCCN(C)C. The van der Waals surface area contributed by atoms with E-state index in [1.807, 2.05) is 13.8 Å². The third kappa shape index (κ3) is 3.89. The molecule has 2 nitrogen and oxygen atoms in total. The molecule has 0 heterocycles. The van der Waals surface area contributed by atoms with Crippen molar-refractivity contribution in [3.8, 4) is 5.75 Å². The fraction of sp³-hybridized carbons (Fsp3) is 0.600. The Morgan fingerprint density at radius 2 is 1.94 bits per heavy atom. The van der Waals surface area contributed by atoms with Crippen molar-refractivity contribution in [2.45, 2.75) is 33.6 Å². The number of benzene rings is 1. The van der Waals surface area contributed by atoms with Gasteiger partial charge in [0.1, 0.15) is 5.75 Å². The average molecular weight is 270 g/mol. The van der Waals surface area contributed by atoms with Gasteiger partial charge < -0.3 is 9.64 Å². The number of hydrogen-bond acceptors (Lipinski definition) is 2. The van der Waals surface area contributed by atoms with Crippen molar-refractivity contribution in [2.24, 2.45) is 0 Å². The van der Waals surface area contributed by atoms with Crippen molar-refractivity contribution >= 4 is 11.6 Å². The van der Waals surface area contributed by atoms with Crippen molar-refractivity contribution in [3.63, 3.8) is 0 Å². The van der Waals surface area contributed by atoms with Crippen molar-refractivity contribution in [1.29, 1.82) is 0 Å². The van der Waals surface area contributed by atoms with Crippen LogP contribution in [0.1, 0.15) is 30.0 Å². The van der Waals surface area contributed by atoms with E-state index in [1.54, 1.807) is 0 Å².